The van der Waals surface area contributed by atoms with Crippen LogP contribution in [0.3, 0.4) is 0 Å². The molecule has 0 spiro atoms. The predicted octanol–water partition coefficient (Wildman–Crippen LogP) is 4.09. The molecule has 2 aromatic carbocycles. The normalized spacial score (nSPS) is 12.2. The van der Waals surface area contributed by atoms with Gasteiger partial charge in [0.05, 0.1) is 5.56 Å². The Bertz CT molecular complexity index is 593. The van der Waals surface area contributed by atoms with Crippen molar-refractivity contribution in [3.05, 3.63) is 71.0 Å². The average Bonchev–Trinajstić information content (AvgIpc) is 2.47. The van der Waals surface area contributed by atoms with Crippen molar-refractivity contribution in [2.24, 2.45) is 0 Å². The Kier molecular flexibility index (Phi) is 4.64. The lowest BCUT2D eigenvalue weighted by molar-refractivity contribution is 0.0449. The van der Waals surface area contributed by atoms with Crippen LogP contribution in [0.1, 0.15) is 34.5 Å². The Labute approximate surface area is 118 Å². The zero-order chi connectivity index (χ0) is 14.5. The first-order valence-electron chi connectivity index (χ1n) is 6.60. The third kappa shape index (κ3) is 3.11. The molecule has 0 saturated carbocycles. The van der Waals surface area contributed by atoms with Gasteiger partial charge in [-0.3, -0.25) is 4.79 Å². The molecular formula is C17H17FO2. The second-order valence-electron chi connectivity index (χ2n) is 4.59. The van der Waals surface area contributed by atoms with Crippen LogP contribution in [0.2, 0.25) is 0 Å². The van der Waals surface area contributed by atoms with E-state index in [4.69, 9.17) is 4.74 Å². The topological polar surface area (TPSA) is 26.3 Å². The van der Waals surface area contributed by atoms with E-state index in [1.54, 1.807) is 12.1 Å². The van der Waals surface area contributed by atoms with Crippen molar-refractivity contribution in [1.82, 2.24) is 0 Å². The zero-order valence-electron chi connectivity index (χ0n) is 11.6. The highest BCUT2D eigenvalue weighted by Crippen LogP contribution is 2.24. The van der Waals surface area contributed by atoms with Crippen LogP contribution in [0.4, 0.5) is 4.39 Å². The molecule has 1 unspecified atom stereocenters. The van der Waals surface area contributed by atoms with E-state index in [2.05, 4.69) is 0 Å². The zero-order valence-corrected chi connectivity index (χ0v) is 11.6. The largest absolute Gasteiger partial charge is 0.366 e. The van der Waals surface area contributed by atoms with Gasteiger partial charge < -0.3 is 4.74 Å². The minimum absolute atomic E-state index is 0.0762. The molecule has 2 rings (SSSR count). The van der Waals surface area contributed by atoms with E-state index >= 15 is 0 Å². The van der Waals surface area contributed by atoms with Crippen LogP contribution in [0.25, 0.3) is 0 Å². The van der Waals surface area contributed by atoms with Crippen molar-refractivity contribution < 1.29 is 13.9 Å². The van der Waals surface area contributed by atoms with Gasteiger partial charge in [-0.15, -0.1) is 0 Å². The van der Waals surface area contributed by atoms with Gasteiger partial charge in [-0.2, -0.15) is 0 Å². The number of carbonyl (C=O) groups is 1. The molecule has 0 heterocycles. The summed E-state index contributed by atoms with van der Waals surface area (Å²) in [6.07, 6.45) is -0.766. The summed E-state index contributed by atoms with van der Waals surface area (Å²) in [5, 5.41) is 0. The molecule has 0 N–H and O–H groups in total. The minimum Gasteiger partial charge on any atom is -0.366 e. The molecule has 0 fully saturated rings. The molecule has 3 heteroatoms. The van der Waals surface area contributed by atoms with Crippen LogP contribution in [0, 0.1) is 12.7 Å². The first kappa shape index (κ1) is 14.4. The molecule has 0 aliphatic carbocycles. The quantitative estimate of drug-likeness (QED) is 0.766. The fourth-order valence-electron chi connectivity index (χ4n) is 2.09. The first-order valence-corrected chi connectivity index (χ1v) is 6.60. The Balaban J connectivity index is 2.39. The van der Waals surface area contributed by atoms with Gasteiger partial charge in [0.15, 0.2) is 5.78 Å². The number of carbonyl (C=O) groups excluding carboxylic acids is 1. The molecule has 0 amide bonds. The van der Waals surface area contributed by atoms with Gasteiger partial charge in [0.25, 0.3) is 0 Å². The standard InChI is InChI=1S/C17H17FO2/c1-3-20-17(13-7-5-4-6-8-13)16(19)14-11-12(2)9-10-15(14)18/h4-11,17H,3H2,1-2H3. The second kappa shape index (κ2) is 6.44. The van der Waals surface area contributed by atoms with Gasteiger partial charge in [-0.1, -0.05) is 42.0 Å². The molecule has 0 aromatic heterocycles. The molecule has 0 saturated heterocycles. The number of halogens is 1. The van der Waals surface area contributed by atoms with Crippen molar-refractivity contribution in [2.75, 3.05) is 6.61 Å². The highest BCUT2D eigenvalue weighted by molar-refractivity contribution is 6.00. The molecule has 1 atom stereocenters. The maximum Gasteiger partial charge on any atom is 0.199 e. The van der Waals surface area contributed by atoms with Crippen LogP contribution >= 0.6 is 0 Å². The van der Waals surface area contributed by atoms with Crippen LogP contribution in [0.5, 0.6) is 0 Å². The second-order valence-corrected chi connectivity index (χ2v) is 4.59. The molecule has 0 aliphatic rings. The van der Waals surface area contributed by atoms with Crippen molar-refractivity contribution in [3.8, 4) is 0 Å². The van der Waals surface area contributed by atoms with E-state index < -0.39 is 11.9 Å². The molecule has 0 bridgehead atoms. The summed E-state index contributed by atoms with van der Waals surface area (Å²) < 4.78 is 19.4. The molecule has 2 nitrogen and oxygen atoms in total. The molecule has 2 aromatic rings. The molecule has 104 valence electrons. The first-order chi connectivity index (χ1) is 9.63. The van der Waals surface area contributed by atoms with Crippen LogP contribution < -0.4 is 0 Å². The number of hydrogen-bond acceptors (Lipinski definition) is 2. The van der Waals surface area contributed by atoms with Crippen molar-refractivity contribution in [1.29, 1.82) is 0 Å². The van der Waals surface area contributed by atoms with E-state index in [9.17, 15) is 9.18 Å². The fourth-order valence-corrected chi connectivity index (χ4v) is 2.09. The van der Waals surface area contributed by atoms with Crippen LogP contribution in [0.15, 0.2) is 48.5 Å². The predicted molar refractivity (Wildman–Crippen MR) is 76.3 cm³/mol. The molecule has 0 aliphatic heterocycles. The summed E-state index contributed by atoms with van der Waals surface area (Å²) in [5.41, 5.74) is 1.66. The highest BCUT2D eigenvalue weighted by atomic mass is 19.1. The third-order valence-corrected chi connectivity index (χ3v) is 3.06. The van der Waals surface area contributed by atoms with E-state index in [-0.39, 0.29) is 11.3 Å². The number of ether oxygens (including phenoxy) is 1. The molecule has 0 radical (unpaired) electrons. The molecular weight excluding hydrogens is 255 g/mol. The minimum atomic E-state index is -0.766. The number of hydrogen-bond donors (Lipinski definition) is 0. The van der Waals surface area contributed by atoms with E-state index in [0.29, 0.717) is 6.61 Å². The number of rotatable bonds is 5. The van der Waals surface area contributed by atoms with Gasteiger partial charge in [-0.25, -0.2) is 4.39 Å². The van der Waals surface area contributed by atoms with Crippen LogP contribution in [-0.4, -0.2) is 12.4 Å². The Morgan fingerprint density at radius 3 is 2.55 bits per heavy atom. The summed E-state index contributed by atoms with van der Waals surface area (Å²) in [5.74, 6) is -0.861. The van der Waals surface area contributed by atoms with Gasteiger partial charge >= 0.3 is 0 Å². The SMILES string of the molecule is CCOC(C(=O)c1cc(C)ccc1F)c1ccccc1. The van der Waals surface area contributed by atoms with Crippen molar-refractivity contribution in [2.45, 2.75) is 20.0 Å². The fraction of sp³-hybridized carbons (Fsp3) is 0.235. The number of ketones is 1. The number of aryl methyl sites for hydroxylation is 1. The van der Waals surface area contributed by atoms with Crippen LogP contribution in [-0.2, 0) is 4.74 Å². The van der Waals surface area contributed by atoms with Gasteiger partial charge in [0, 0.05) is 6.61 Å². The maximum atomic E-state index is 13.9. The maximum absolute atomic E-state index is 13.9. The average molecular weight is 272 g/mol. The smallest absolute Gasteiger partial charge is 0.199 e. The highest BCUT2D eigenvalue weighted by Gasteiger charge is 2.24. The Morgan fingerprint density at radius 1 is 1.20 bits per heavy atom. The summed E-state index contributed by atoms with van der Waals surface area (Å²) in [6, 6.07) is 13.7. The number of benzene rings is 2. The summed E-state index contributed by atoms with van der Waals surface area (Å²) in [4.78, 5) is 12.5. The monoisotopic (exact) mass is 272 g/mol. The van der Waals surface area contributed by atoms with E-state index in [1.807, 2.05) is 44.2 Å². The molecule has 20 heavy (non-hydrogen) atoms. The van der Waals surface area contributed by atoms with Crippen molar-refractivity contribution in [3.63, 3.8) is 0 Å². The number of Topliss-reactive ketones (excluding diaryl/α,β-unsaturated/α-hetero) is 1. The van der Waals surface area contributed by atoms with Gasteiger partial charge in [0.1, 0.15) is 11.9 Å². The van der Waals surface area contributed by atoms with E-state index in [0.717, 1.165) is 11.1 Å². The summed E-state index contributed by atoms with van der Waals surface area (Å²) >= 11 is 0. The lowest BCUT2D eigenvalue weighted by atomic mass is 9.98. The third-order valence-electron chi connectivity index (χ3n) is 3.06. The lowest BCUT2D eigenvalue weighted by Gasteiger charge is -2.17. The summed E-state index contributed by atoms with van der Waals surface area (Å²) in [6.45, 7) is 4.03. The van der Waals surface area contributed by atoms with Crippen molar-refractivity contribution >= 4 is 5.78 Å². The van der Waals surface area contributed by atoms with Gasteiger partial charge in [-0.05, 0) is 31.5 Å². The summed E-state index contributed by atoms with van der Waals surface area (Å²) in [7, 11) is 0. The van der Waals surface area contributed by atoms with Gasteiger partial charge in [0.2, 0.25) is 0 Å². The lowest BCUT2D eigenvalue weighted by Crippen LogP contribution is -2.18. The Morgan fingerprint density at radius 2 is 1.90 bits per heavy atom. The van der Waals surface area contributed by atoms with E-state index in [1.165, 1.54) is 6.07 Å². The Hall–Kier alpha value is -2.00.